The molecule has 8 nitrogen and oxygen atoms in total. The number of anilines is 4. The van der Waals surface area contributed by atoms with Gasteiger partial charge in [-0.05, 0) is 30.3 Å². The zero-order valence-corrected chi connectivity index (χ0v) is 15.5. The summed E-state index contributed by atoms with van der Waals surface area (Å²) in [6.07, 6.45) is 4.10. The van der Waals surface area contributed by atoms with Crippen molar-refractivity contribution in [1.82, 2.24) is 15.2 Å². The van der Waals surface area contributed by atoms with Gasteiger partial charge in [0.2, 0.25) is 0 Å². The van der Waals surface area contributed by atoms with Crippen molar-refractivity contribution >= 4 is 28.8 Å². The maximum Gasteiger partial charge on any atom is 0.257 e. The van der Waals surface area contributed by atoms with E-state index in [1.165, 1.54) is 6.20 Å². The van der Waals surface area contributed by atoms with Gasteiger partial charge >= 0.3 is 0 Å². The minimum absolute atomic E-state index is 0.155. The highest BCUT2D eigenvalue weighted by Crippen LogP contribution is 2.22. The molecule has 0 atom stereocenters. The van der Waals surface area contributed by atoms with Crippen LogP contribution in [0, 0.1) is 5.82 Å². The van der Waals surface area contributed by atoms with Crippen molar-refractivity contribution in [2.45, 2.75) is 0 Å². The highest BCUT2D eigenvalue weighted by Gasteiger charge is 2.12. The van der Waals surface area contributed by atoms with Crippen molar-refractivity contribution in [3.05, 3.63) is 66.4 Å². The summed E-state index contributed by atoms with van der Waals surface area (Å²) in [5, 5.41) is 14.1. The monoisotopic (exact) mass is 394 g/mol. The molecular formula is C20H19FN6O2. The number of carbonyl (C=O) groups is 1. The van der Waals surface area contributed by atoms with Crippen LogP contribution in [0.25, 0.3) is 0 Å². The predicted octanol–water partition coefficient (Wildman–Crippen LogP) is 2.84. The van der Waals surface area contributed by atoms with Crippen LogP contribution >= 0.6 is 0 Å². The van der Waals surface area contributed by atoms with Gasteiger partial charge in [-0.3, -0.25) is 9.78 Å². The highest BCUT2D eigenvalue weighted by molar-refractivity contribution is 6.04. The average Bonchev–Trinajstić information content (AvgIpc) is 2.76. The summed E-state index contributed by atoms with van der Waals surface area (Å²) in [4.78, 5) is 18.0. The first-order valence-electron chi connectivity index (χ1n) is 9.12. The fourth-order valence-corrected chi connectivity index (χ4v) is 2.94. The molecule has 1 aromatic carbocycles. The number of benzene rings is 1. The zero-order chi connectivity index (χ0) is 20.1. The second-order valence-corrected chi connectivity index (χ2v) is 6.45. The van der Waals surface area contributed by atoms with E-state index in [0.717, 1.165) is 36.7 Å². The molecule has 1 aliphatic heterocycles. The van der Waals surface area contributed by atoms with Gasteiger partial charge in [0.25, 0.3) is 5.91 Å². The molecule has 2 N–H and O–H groups in total. The van der Waals surface area contributed by atoms with Crippen molar-refractivity contribution in [2.24, 2.45) is 0 Å². The third-order valence-corrected chi connectivity index (χ3v) is 4.40. The number of amides is 1. The molecule has 1 aliphatic rings. The lowest BCUT2D eigenvalue weighted by atomic mass is 10.2. The van der Waals surface area contributed by atoms with Crippen LogP contribution in [0.2, 0.25) is 0 Å². The Morgan fingerprint density at radius 3 is 2.55 bits per heavy atom. The first-order valence-corrected chi connectivity index (χ1v) is 9.12. The molecule has 0 bridgehead atoms. The minimum Gasteiger partial charge on any atom is -0.378 e. The van der Waals surface area contributed by atoms with E-state index in [1.807, 2.05) is 18.2 Å². The zero-order valence-electron chi connectivity index (χ0n) is 15.5. The molecule has 1 fully saturated rings. The summed E-state index contributed by atoms with van der Waals surface area (Å²) in [6.45, 7) is 3.04. The lowest BCUT2D eigenvalue weighted by Gasteiger charge is -2.28. The van der Waals surface area contributed by atoms with Gasteiger partial charge in [0.1, 0.15) is 5.82 Å². The smallest absolute Gasteiger partial charge is 0.257 e. The summed E-state index contributed by atoms with van der Waals surface area (Å²) < 4.78 is 18.6. The quantitative estimate of drug-likeness (QED) is 0.687. The van der Waals surface area contributed by atoms with E-state index in [0.29, 0.717) is 24.7 Å². The van der Waals surface area contributed by atoms with Gasteiger partial charge in [0.15, 0.2) is 5.82 Å². The normalized spacial score (nSPS) is 13.8. The number of nitrogens with zero attached hydrogens (tertiary/aromatic N) is 4. The highest BCUT2D eigenvalue weighted by atomic mass is 19.1. The predicted molar refractivity (Wildman–Crippen MR) is 107 cm³/mol. The van der Waals surface area contributed by atoms with Crippen molar-refractivity contribution < 1.29 is 13.9 Å². The van der Waals surface area contributed by atoms with Gasteiger partial charge in [-0.2, -0.15) is 5.10 Å². The fourth-order valence-electron chi connectivity index (χ4n) is 2.94. The Bertz CT molecular complexity index is 992. The fraction of sp³-hybridized carbons (Fsp3) is 0.200. The van der Waals surface area contributed by atoms with Gasteiger partial charge < -0.3 is 20.3 Å². The van der Waals surface area contributed by atoms with Gasteiger partial charge in [0.05, 0.1) is 36.9 Å². The van der Waals surface area contributed by atoms with E-state index in [9.17, 15) is 9.18 Å². The summed E-state index contributed by atoms with van der Waals surface area (Å²) >= 11 is 0. The number of ether oxygens (including phenoxy) is 1. The first kappa shape index (κ1) is 18.8. The van der Waals surface area contributed by atoms with Crippen molar-refractivity contribution in [3.8, 4) is 0 Å². The molecule has 4 rings (SSSR count). The summed E-state index contributed by atoms with van der Waals surface area (Å²) in [6, 6.07) is 10.2. The van der Waals surface area contributed by atoms with Gasteiger partial charge in [-0.25, -0.2) is 4.39 Å². The van der Waals surface area contributed by atoms with Crippen LogP contribution in [0.1, 0.15) is 10.4 Å². The molecule has 0 radical (unpaired) electrons. The first-order chi connectivity index (χ1) is 14.2. The lowest BCUT2D eigenvalue weighted by Crippen LogP contribution is -2.36. The van der Waals surface area contributed by atoms with Crippen molar-refractivity contribution in [3.63, 3.8) is 0 Å². The van der Waals surface area contributed by atoms with E-state index < -0.39 is 11.7 Å². The Kier molecular flexibility index (Phi) is 5.57. The van der Waals surface area contributed by atoms with Gasteiger partial charge in [-0.15, -0.1) is 5.10 Å². The molecule has 2 aromatic heterocycles. The number of pyridine rings is 1. The number of rotatable bonds is 5. The SMILES string of the molecule is O=C(Nc1ccc(Nc2cc(N3CCOCC3)cnn2)cc1)c1cncc(F)c1. The van der Waals surface area contributed by atoms with E-state index in [2.05, 4.69) is 30.7 Å². The Labute approximate surface area is 166 Å². The number of aromatic nitrogens is 3. The lowest BCUT2D eigenvalue weighted by molar-refractivity contribution is 0.102. The Morgan fingerprint density at radius 2 is 1.79 bits per heavy atom. The molecule has 3 aromatic rings. The molecule has 1 amide bonds. The van der Waals surface area contributed by atoms with E-state index >= 15 is 0 Å². The van der Waals surface area contributed by atoms with E-state index in [1.54, 1.807) is 18.3 Å². The molecule has 0 unspecified atom stereocenters. The average molecular weight is 394 g/mol. The maximum absolute atomic E-state index is 13.2. The topological polar surface area (TPSA) is 92.3 Å². The number of nitrogens with one attached hydrogen (secondary N) is 2. The summed E-state index contributed by atoms with van der Waals surface area (Å²) in [7, 11) is 0. The van der Waals surface area contributed by atoms with Crippen LogP contribution in [0.3, 0.4) is 0 Å². The molecule has 9 heteroatoms. The molecule has 148 valence electrons. The van der Waals surface area contributed by atoms with Crippen molar-refractivity contribution in [1.29, 1.82) is 0 Å². The number of halogens is 1. The van der Waals surface area contributed by atoms with Crippen LogP contribution in [0.5, 0.6) is 0 Å². The number of hydrogen-bond donors (Lipinski definition) is 2. The molecule has 0 saturated carbocycles. The van der Waals surface area contributed by atoms with Crippen LogP contribution in [0.4, 0.5) is 27.3 Å². The second kappa shape index (κ2) is 8.61. The van der Waals surface area contributed by atoms with Gasteiger partial charge in [0, 0.05) is 36.7 Å². The Hall–Kier alpha value is -3.59. The summed E-state index contributed by atoms with van der Waals surface area (Å²) in [5.41, 5.74) is 2.52. The molecule has 3 heterocycles. The van der Waals surface area contributed by atoms with Crippen LogP contribution in [-0.2, 0) is 4.74 Å². The van der Waals surface area contributed by atoms with Crippen LogP contribution in [-0.4, -0.2) is 47.4 Å². The standard InChI is InChI=1S/C20H19FN6O2/c21-15-9-14(11-22-12-15)20(28)25-17-3-1-16(2-4-17)24-19-10-18(13-23-26-19)27-5-7-29-8-6-27/h1-4,9-13H,5-8H2,(H,24,26)(H,25,28). The number of hydrogen-bond acceptors (Lipinski definition) is 7. The van der Waals surface area contributed by atoms with Crippen LogP contribution < -0.4 is 15.5 Å². The number of morpholine rings is 1. The Morgan fingerprint density at radius 1 is 1.03 bits per heavy atom. The van der Waals surface area contributed by atoms with E-state index in [-0.39, 0.29) is 5.56 Å². The maximum atomic E-state index is 13.2. The third-order valence-electron chi connectivity index (χ3n) is 4.40. The summed E-state index contributed by atoms with van der Waals surface area (Å²) in [5.74, 6) is -0.365. The number of carbonyl (C=O) groups excluding carboxylic acids is 1. The van der Waals surface area contributed by atoms with Gasteiger partial charge in [-0.1, -0.05) is 0 Å². The van der Waals surface area contributed by atoms with E-state index in [4.69, 9.17) is 4.74 Å². The minimum atomic E-state index is -0.558. The molecule has 0 aliphatic carbocycles. The molecular weight excluding hydrogens is 375 g/mol. The Balaban J connectivity index is 1.40. The van der Waals surface area contributed by atoms with Crippen molar-refractivity contribution in [2.75, 3.05) is 41.8 Å². The molecule has 1 saturated heterocycles. The second-order valence-electron chi connectivity index (χ2n) is 6.45. The largest absolute Gasteiger partial charge is 0.378 e. The molecule has 29 heavy (non-hydrogen) atoms. The molecule has 0 spiro atoms. The van der Waals surface area contributed by atoms with Crippen LogP contribution in [0.15, 0.2) is 55.0 Å². The third kappa shape index (κ3) is 4.82.